The van der Waals surface area contributed by atoms with Gasteiger partial charge in [0.15, 0.2) is 0 Å². The van der Waals surface area contributed by atoms with E-state index >= 15 is 0 Å². The molecule has 0 aliphatic carbocycles. The number of nitrogens with zero attached hydrogens (tertiary/aromatic N) is 1. The highest BCUT2D eigenvalue weighted by molar-refractivity contribution is 4.95. The summed E-state index contributed by atoms with van der Waals surface area (Å²) in [6.45, 7) is 2.30. The zero-order chi connectivity index (χ0) is 8.23. The molecule has 0 bridgehead atoms. The predicted molar refractivity (Wildman–Crippen MR) is 45.8 cm³/mol. The van der Waals surface area contributed by atoms with Gasteiger partial charge in [-0.15, -0.1) is 0 Å². The van der Waals surface area contributed by atoms with E-state index in [-0.39, 0.29) is 0 Å². The van der Waals surface area contributed by atoms with Crippen molar-refractivity contribution < 1.29 is 4.52 Å². The molecule has 12 heavy (non-hydrogen) atoms. The summed E-state index contributed by atoms with van der Waals surface area (Å²) in [4.78, 5) is 0. The maximum Gasteiger partial charge on any atom is 0.136 e. The van der Waals surface area contributed by atoms with E-state index in [9.17, 15) is 0 Å². The molecule has 3 nitrogen and oxygen atoms in total. The van der Waals surface area contributed by atoms with Crippen LogP contribution in [0.3, 0.4) is 0 Å². The lowest BCUT2D eigenvalue weighted by Crippen LogP contribution is -2.28. The van der Waals surface area contributed by atoms with Crippen molar-refractivity contribution in [3.63, 3.8) is 0 Å². The molecule has 0 aromatic carbocycles. The zero-order valence-corrected chi connectivity index (χ0v) is 7.12. The van der Waals surface area contributed by atoms with Crippen molar-refractivity contribution in [2.45, 2.75) is 19.3 Å². The highest BCUT2D eigenvalue weighted by Gasteiger charge is 2.14. The first kappa shape index (κ1) is 7.80. The minimum Gasteiger partial charge on any atom is -0.361 e. The Morgan fingerprint density at radius 3 is 3.00 bits per heavy atom. The molecule has 0 saturated carbocycles. The van der Waals surface area contributed by atoms with E-state index < -0.39 is 0 Å². The highest BCUT2D eigenvalue weighted by atomic mass is 16.5. The van der Waals surface area contributed by atoms with Crippen molar-refractivity contribution >= 4 is 0 Å². The van der Waals surface area contributed by atoms with E-state index in [0.717, 1.165) is 31.2 Å². The average molecular weight is 166 g/mol. The molecule has 2 heterocycles. The molecule has 3 heteroatoms. The normalized spacial score (nSPS) is 19.7. The van der Waals surface area contributed by atoms with Gasteiger partial charge in [0.25, 0.3) is 0 Å². The van der Waals surface area contributed by atoms with Gasteiger partial charge in [0.2, 0.25) is 0 Å². The molecule has 0 radical (unpaired) electrons. The van der Waals surface area contributed by atoms with Crippen LogP contribution < -0.4 is 5.32 Å². The first-order valence-corrected chi connectivity index (χ1v) is 4.55. The van der Waals surface area contributed by atoms with E-state index in [1.165, 1.54) is 12.8 Å². The second-order valence-corrected chi connectivity index (χ2v) is 3.38. The van der Waals surface area contributed by atoms with Crippen LogP contribution in [0.15, 0.2) is 16.8 Å². The van der Waals surface area contributed by atoms with Crippen LogP contribution in [0.5, 0.6) is 0 Å². The van der Waals surface area contributed by atoms with Crippen molar-refractivity contribution in [3.05, 3.63) is 18.0 Å². The van der Waals surface area contributed by atoms with Gasteiger partial charge in [-0.3, -0.25) is 0 Å². The van der Waals surface area contributed by atoms with Crippen molar-refractivity contribution in [1.82, 2.24) is 10.5 Å². The van der Waals surface area contributed by atoms with Gasteiger partial charge in [-0.1, -0.05) is 5.16 Å². The smallest absolute Gasteiger partial charge is 0.136 e. The lowest BCUT2D eigenvalue weighted by molar-refractivity contribution is 0.318. The largest absolute Gasteiger partial charge is 0.361 e. The van der Waals surface area contributed by atoms with E-state index in [1.54, 1.807) is 6.20 Å². The van der Waals surface area contributed by atoms with E-state index in [2.05, 4.69) is 10.5 Å². The minimum absolute atomic E-state index is 0.791. The Labute approximate surface area is 72.1 Å². The van der Waals surface area contributed by atoms with Gasteiger partial charge in [0, 0.05) is 12.5 Å². The molecule has 0 atom stereocenters. The van der Waals surface area contributed by atoms with Crippen LogP contribution >= 0.6 is 0 Å². The average Bonchev–Trinajstić information content (AvgIpc) is 2.59. The zero-order valence-electron chi connectivity index (χ0n) is 7.12. The van der Waals surface area contributed by atoms with E-state index in [1.807, 2.05) is 6.07 Å². The Kier molecular flexibility index (Phi) is 2.42. The first-order valence-electron chi connectivity index (χ1n) is 4.55. The van der Waals surface area contributed by atoms with Crippen molar-refractivity contribution in [3.8, 4) is 0 Å². The molecule has 1 aliphatic heterocycles. The Bertz CT molecular complexity index is 214. The molecule has 1 fully saturated rings. The number of nitrogens with one attached hydrogen (secondary N) is 1. The lowest BCUT2D eigenvalue weighted by atomic mass is 9.94. The molecule has 0 spiro atoms. The topological polar surface area (TPSA) is 38.1 Å². The third-order valence-electron chi connectivity index (χ3n) is 2.44. The monoisotopic (exact) mass is 166 g/mol. The fourth-order valence-corrected chi connectivity index (χ4v) is 1.72. The molecule has 66 valence electrons. The van der Waals surface area contributed by atoms with Crippen LogP contribution in [0.1, 0.15) is 18.6 Å². The summed E-state index contributed by atoms with van der Waals surface area (Å²) in [5.74, 6) is 1.82. The maximum absolute atomic E-state index is 5.07. The van der Waals surface area contributed by atoms with Gasteiger partial charge in [-0.05, 0) is 31.8 Å². The Morgan fingerprint density at radius 1 is 1.50 bits per heavy atom. The summed E-state index contributed by atoms with van der Waals surface area (Å²) in [6, 6.07) is 1.96. The lowest BCUT2D eigenvalue weighted by Gasteiger charge is -2.21. The first-order chi connectivity index (χ1) is 5.95. The van der Waals surface area contributed by atoms with Crippen molar-refractivity contribution in [2.75, 3.05) is 13.1 Å². The second kappa shape index (κ2) is 3.72. The number of hydrogen-bond acceptors (Lipinski definition) is 3. The van der Waals surface area contributed by atoms with E-state index in [0.29, 0.717) is 0 Å². The Hall–Kier alpha value is -0.830. The summed E-state index contributed by atoms with van der Waals surface area (Å²) in [7, 11) is 0. The fourth-order valence-electron chi connectivity index (χ4n) is 1.72. The van der Waals surface area contributed by atoms with Gasteiger partial charge < -0.3 is 9.84 Å². The summed E-state index contributed by atoms with van der Waals surface area (Å²) in [6.07, 6.45) is 5.31. The van der Waals surface area contributed by atoms with Gasteiger partial charge in [0.05, 0.1) is 6.20 Å². The Balaban J connectivity index is 1.86. The number of piperidine rings is 1. The third kappa shape index (κ3) is 1.85. The number of rotatable bonds is 2. The molecule has 2 rings (SSSR count). The van der Waals surface area contributed by atoms with Gasteiger partial charge >= 0.3 is 0 Å². The van der Waals surface area contributed by atoms with Crippen LogP contribution in [0.2, 0.25) is 0 Å². The summed E-state index contributed by atoms with van der Waals surface area (Å²) >= 11 is 0. The standard InChI is InChI=1S/C9H14N2O/c1-4-10-5-2-8(1)7-9-3-6-11-12-9/h3,6,8,10H,1-2,4-5,7H2. The SMILES string of the molecule is c1cc(CC2CCNCC2)on1. The molecule has 1 saturated heterocycles. The quantitative estimate of drug-likeness (QED) is 0.717. The van der Waals surface area contributed by atoms with Gasteiger partial charge in [-0.2, -0.15) is 0 Å². The van der Waals surface area contributed by atoms with Gasteiger partial charge in [0.1, 0.15) is 5.76 Å². The summed E-state index contributed by atoms with van der Waals surface area (Å²) in [5, 5.41) is 7.05. The van der Waals surface area contributed by atoms with Crippen molar-refractivity contribution in [1.29, 1.82) is 0 Å². The predicted octanol–water partition coefficient (Wildman–Crippen LogP) is 1.22. The molecule has 0 unspecified atom stereocenters. The van der Waals surface area contributed by atoms with Crippen molar-refractivity contribution in [2.24, 2.45) is 5.92 Å². The van der Waals surface area contributed by atoms with Crippen LogP contribution in [0, 0.1) is 5.92 Å². The van der Waals surface area contributed by atoms with E-state index in [4.69, 9.17) is 4.52 Å². The summed E-state index contributed by atoms with van der Waals surface area (Å²) in [5.41, 5.74) is 0. The third-order valence-corrected chi connectivity index (χ3v) is 2.44. The molecule has 1 aromatic heterocycles. The number of aromatic nitrogens is 1. The molecular formula is C9H14N2O. The number of hydrogen-bond donors (Lipinski definition) is 1. The fraction of sp³-hybridized carbons (Fsp3) is 0.667. The highest BCUT2D eigenvalue weighted by Crippen LogP contribution is 2.17. The molecular weight excluding hydrogens is 152 g/mol. The molecule has 1 N–H and O–H groups in total. The second-order valence-electron chi connectivity index (χ2n) is 3.38. The van der Waals surface area contributed by atoms with Crippen LogP contribution in [0.4, 0.5) is 0 Å². The van der Waals surface area contributed by atoms with Crippen LogP contribution in [-0.4, -0.2) is 18.2 Å². The summed E-state index contributed by atoms with van der Waals surface area (Å²) < 4.78 is 5.07. The van der Waals surface area contributed by atoms with Gasteiger partial charge in [-0.25, -0.2) is 0 Å². The molecule has 1 aromatic rings. The molecule has 0 amide bonds. The maximum atomic E-state index is 5.07. The molecule has 1 aliphatic rings. The minimum atomic E-state index is 0.791. The Morgan fingerprint density at radius 2 is 2.33 bits per heavy atom. The van der Waals surface area contributed by atoms with Crippen LogP contribution in [-0.2, 0) is 6.42 Å². The van der Waals surface area contributed by atoms with Crippen LogP contribution in [0.25, 0.3) is 0 Å².